The molecule has 0 amide bonds. The van der Waals surface area contributed by atoms with Crippen LogP contribution in [0.25, 0.3) is 29.1 Å². The average Bonchev–Trinajstić information content (AvgIpc) is 3.40. The van der Waals surface area contributed by atoms with Gasteiger partial charge in [0, 0.05) is 22.7 Å². The summed E-state index contributed by atoms with van der Waals surface area (Å²) in [5.74, 6) is 0.221. The summed E-state index contributed by atoms with van der Waals surface area (Å²) in [7, 11) is 0. The smallest absolute Gasteiger partial charge is 0.177 e. The van der Waals surface area contributed by atoms with Gasteiger partial charge in [-0.15, -0.1) is 10.2 Å². The van der Waals surface area contributed by atoms with E-state index in [-0.39, 0.29) is 17.6 Å². The molecule has 0 aliphatic rings. The van der Waals surface area contributed by atoms with Gasteiger partial charge in [-0.1, -0.05) is 28.4 Å². The highest BCUT2D eigenvalue weighted by molar-refractivity contribution is 6.30. The number of H-pyrrole nitrogens is 2. The minimum Gasteiger partial charge on any atom is -0.177 e. The van der Waals surface area contributed by atoms with E-state index in [4.69, 9.17) is 11.6 Å². The molecule has 0 saturated heterocycles. The predicted molar refractivity (Wildman–Crippen MR) is 106 cm³/mol. The number of benzene rings is 2. The van der Waals surface area contributed by atoms with Crippen molar-refractivity contribution in [3.8, 4) is 16.9 Å². The Bertz CT molecular complexity index is 1280. The summed E-state index contributed by atoms with van der Waals surface area (Å²) in [4.78, 5) is 0. The Morgan fingerprint density at radius 2 is 1.61 bits per heavy atom. The number of hydrogen-bond donors (Lipinski definition) is 2. The second kappa shape index (κ2) is 8.35. The summed E-state index contributed by atoms with van der Waals surface area (Å²) < 4.78 is 80.8. The molecule has 0 aliphatic carbocycles. The minimum atomic E-state index is -4.97. The van der Waals surface area contributed by atoms with Crippen molar-refractivity contribution in [3.63, 3.8) is 0 Å². The SMILES string of the molecule is FC(F)(F)c1cc(-[n+]2cc(C=Cc3nn[nH]n3)c(-c3cccc(Cl)c3)[nH]2)cc(C(F)(F)F)c1. The largest absolute Gasteiger partial charge is 0.416 e. The molecule has 170 valence electrons. The van der Waals surface area contributed by atoms with Gasteiger partial charge >= 0.3 is 12.4 Å². The molecule has 0 bridgehead atoms. The van der Waals surface area contributed by atoms with E-state index in [1.807, 2.05) is 0 Å². The van der Waals surface area contributed by atoms with Crippen LogP contribution in [-0.4, -0.2) is 25.7 Å². The first-order chi connectivity index (χ1) is 15.5. The topological polar surface area (TPSA) is 74.1 Å². The molecule has 4 aromatic rings. The molecule has 6 nitrogen and oxygen atoms in total. The summed E-state index contributed by atoms with van der Waals surface area (Å²) in [6.07, 6.45) is -5.59. The van der Waals surface area contributed by atoms with Gasteiger partial charge in [0.25, 0.3) is 0 Å². The second-order valence-corrected chi connectivity index (χ2v) is 7.26. The van der Waals surface area contributed by atoms with Crippen LogP contribution in [0, 0.1) is 0 Å². The van der Waals surface area contributed by atoms with Crippen molar-refractivity contribution < 1.29 is 31.0 Å². The molecule has 4 rings (SSSR count). The molecule has 0 atom stereocenters. The summed E-state index contributed by atoms with van der Waals surface area (Å²) >= 11 is 6.05. The van der Waals surface area contributed by atoms with Crippen LogP contribution in [0.3, 0.4) is 0 Å². The lowest BCUT2D eigenvalue weighted by Gasteiger charge is -2.11. The third-order valence-corrected chi connectivity index (χ3v) is 4.76. The number of aromatic nitrogens is 6. The molecular formula is C20H12ClF6N6+. The summed E-state index contributed by atoms with van der Waals surface area (Å²) in [5, 5.41) is 16.4. The van der Waals surface area contributed by atoms with Gasteiger partial charge in [0.1, 0.15) is 5.69 Å². The van der Waals surface area contributed by atoms with Gasteiger partial charge in [-0.05, 0) is 35.6 Å². The first-order valence-electron chi connectivity index (χ1n) is 9.13. The van der Waals surface area contributed by atoms with E-state index in [9.17, 15) is 26.3 Å². The number of tetrazole rings is 1. The third kappa shape index (κ3) is 5.06. The van der Waals surface area contributed by atoms with Crippen LogP contribution in [0.15, 0.2) is 48.7 Å². The fourth-order valence-electron chi connectivity index (χ4n) is 3.04. The summed E-state index contributed by atoms with van der Waals surface area (Å²) in [6.45, 7) is 0. The van der Waals surface area contributed by atoms with Gasteiger partial charge in [-0.3, -0.25) is 0 Å². The van der Waals surface area contributed by atoms with Gasteiger partial charge in [-0.25, -0.2) is 0 Å². The molecule has 0 radical (unpaired) electrons. The van der Waals surface area contributed by atoms with Gasteiger partial charge in [0.05, 0.1) is 16.7 Å². The molecule has 0 spiro atoms. The van der Waals surface area contributed by atoms with E-state index >= 15 is 0 Å². The number of halogens is 7. The standard InChI is InChI=1S/C20H11ClF6N6/c21-15-3-1-2-11(6-15)18-12(4-5-17-28-31-32-29-17)10-33(30-18)16-8-13(19(22,23)24)7-14(9-16)20(25,26)27/h1-10H,(H,28,29,31,32)/p+1. The molecule has 0 fully saturated rings. The first-order valence-corrected chi connectivity index (χ1v) is 9.50. The monoisotopic (exact) mass is 485 g/mol. The van der Waals surface area contributed by atoms with Crippen molar-refractivity contribution >= 4 is 23.8 Å². The van der Waals surface area contributed by atoms with E-state index in [1.54, 1.807) is 24.3 Å². The number of nitrogens with zero attached hydrogens (tertiary/aromatic N) is 4. The van der Waals surface area contributed by atoms with Crippen LogP contribution in [0.5, 0.6) is 0 Å². The Morgan fingerprint density at radius 3 is 2.18 bits per heavy atom. The number of hydrogen-bond acceptors (Lipinski definition) is 3. The lowest BCUT2D eigenvalue weighted by Crippen LogP contribution is -2.33. The van der Waals surface area contributed by atoms with Gasteiger partial charge in [0.2, 0.25) is 11.9 Å². The maximum absolute atomic E-state index is 13.3. The zero-order chi connectivity index (χ0) is 23.8. The van der Waals surface area contributed by atoms with Crippen molar-refractivity contribution in [2.75, 3.05) is 0 Å². The molecule has 0 saturated carbocycles. The molecule has 13 heteroatoms. The Hall–Kier alpha value is -3.67. The maximum atomic E-state index is 13.3. The quantitative estimate of drug-likeness (QED) is 0.303. The summed E-state index contributed by atoms with van der Waals surface area (Å²) in [5.41, 5.74) is -1.85. The maximum Gasteiger partial charge on any atom is 0.416 e. The van der Waals surface area contributed by atoms with Crippen LogP contribution < -0.4 is 4.68 Å². The van der Waals surface area contributed by atoms with Crippen LogP contribution in [0.4, 0.5) is 26.3 Å². The van der Waals surface area contributed by atoms with Crippen LogP contribution in [-0.2, 0) is 12.4 Å². The van der Waals surface area contributed by atoms with Crippen LogP contribution >= 0.6 is 11.6 Å². The van der Waals surface area contributed by atoms with E-state index in [2.05, 4.69) is 25.7 Å². The number of rotatable bonds is 4. The highest BCUT2D eigenvalue weighted by Crippen LogP contribution is 2.36. The molecule has 2 N–H and O–H groups in total. The van der Waals surface area contributed by atoms with E-state index in [0.29, 0.717) is 34.0 Å². The van der Waals surface area contributed by atoms with Crippen molar-refractivity contribution in [2.45, 2.75) is 12.4 Å². The first kappa shape index (κ1) is 22.5. The van der Waals surface area contributed by atoms with E-state index in [0.717, 1.165) is 4.68 Å². The Balaban J connectivity index is 1.89. The minimum absolute atomic E-state index is 0.0714. The van der Waals surface area contributed by atoms with Gasteiger partial charge in [0.15, 0.2) is 5.82 Å². The Kier molecular flexibility index (Phi) is 5.70. The van der Waals surface area contributed by atoms with Crippen molar-refractivity contribution in [1.29, 1.82) is 0 Å². The lowest BCUT2D eigenvalue weighted by molar-refractivity contribution is -0.654. The molecule has 0 aliphatic heterocycles. The van der Waals surface area contributed by atoms with E-state index in [1.165, 1.54) is 18.3 Å². The average molecular weight is 486 g/mol. The van der Waals surface area contributed by atoms with Crippen molar-refractivity contribution in [1.82, 2.24) is 25.7 Å². The molecule has 2 aromatic heterocycles. The number of nitrogens with one attached hydrogen (secondary N) is 2. The molecule has 33 heavy (non-hydrogen) atoms. The molecule has 0 unspecified atom stereocenters. The predicted octanol–water partition coefficient (Wildman–Crippen LogP) is 5.33. The Labute approximate surface area is 186 Å². The lowest BCUT2D eigenvalue weighted by atomic mass is 10.1. The number of aromatic amines is 2. The molecule has 2 aromatic carbocycles. The zero-order valence-electron chi connectivity index (χ0n) is 16.2. The molecular weight excluding hydrogens is 474 g/mol. The summed E-state index contributed by atoms with van der Waals surface area (Å²) in [6, 6.07) is 7.88. The van der Waals surface area contributed by atoms with Crippen LogP contribution in [0.1, 0.15) is 22.5 Å². The highest BCUT2D eigenvalue weighted by Gasteiger charge is 2.38. The van der Waals surface area contributed by atoms with E-state index < -0.39 is 23.5 Å². The van der Waals surface area contributed by atoms with Crippen LogP contribution in [0.2, 0.25) is 5.02 Å². The fraction of sp³-hybridized carbons (Fsp3) is 0.100. The highest BCUT2D eigenvalue weighted by atomic mass is 35.5. The second-order valence-electron chi connectivity index (χ2n) is 6.82. The van der Waals surface area contributed by atoms with Crippen molar-refractivity contribution in [2.24, 2.45) is 0 Å². The fourth-order valence-corrected chi connectivity index (χ4v) is 3.23. The molecule has 2 heterocycles. The number of alkyl halides is 6. The van der Waals surface area contributed by atoms with Crippen molar-refractivity contribution in [3.05, 3.63) is 76.2 Å². The Morgan fingerprint density at radius 1 is 0.909 bits per heavy atom. The van der Waals surface area contributed by atoms with Gasteiger partial charge < -0.3 is 0 Å². The third-order valence-electron chi connectivity index (χ3n) is 4.53. The van der Waals surface area contributed by atoms with Gasteiger partial charge in [-0.2, -0.15) is 36.7 Å². The normalized spacial score (nSPS) is 12.6. The zero-order valence-corrected chi connectivity index (χ0v) is 17.0.